The normalized spacial score (nSPS) is 24.3. The van der Waals surface area contributed by atoms with Crippen LogP contribution in [0.4, 0.5) is 11.4 Å². The maximum atomic E-state index is 14.1. The molecule has 10 nitrogen and oxygen atoms in total. The van der Waals surface area contributed by atoms with Crippen molar-refractivity contribution in [2.24, 2.45) is 11.8 Å². The molecule has 4 aliphatic rings. The Balaban J connectivity index is 1.33. The number of anilines is 1. The molecule has 194 valence electrons. The molecule has 3 aromatic rings. The van der Waals surface area contributed by atoms with Crippen LogP contribution in [0.15, 0.2) is 72.9 Å². The average molecular weight is 524 g/mol. The highest BCUT2D eigenvalue weighted by Gasteiger charge is 2.64. The highest BCUT2D eigenvalue weighted by molar-refractivity contribution is 6.24. The average Bonchev–Trinajstić information content (AvgIpc) is 3.44. The predicted octanol–water partition coefficient (Wildman–Crippen LogP) is 3.76. The summed E-state index contributed by atoms with van der Waals surface area (Å²) in [5.74, 6) is -2.01. The Morgan fingerprint density at radius 2 is 1.62 bits per heavy atom. The van der Waals surface area contributed by atoms with Gasteiger partial charge >= 0.3 is 0 Å². The second-order valence-electron chi connectivity index (χ2n) is 9.84. The van der Waals surface area contributed by atoms with Crippen molar-refractivity contribution in [3.05, 3.63) is 99.7 Å². The van der Waals surface area contributed by atoms with Gasteiger partial charge in [-0.05, 0) is 41.5 Å². The molecule has 0 aliphatic carbocycles. The number of ketones is 1. The first-order valence-corrected chi connectivity index (χ1v) is 12.5. The summed E-state index contributed by atoms with van der Waals surface area (Å²) in [6.45, 7) is 0.768. The first kappa shape index (κ1) is 23.2. The first-order valence-electron chi connectivity index (χ1n) is 12.5. The first-order chi connectivity index (χ1) is 18.9. The number of nitrogens with zero attached hydrogens (tertiary/aromatic N) is 3. The van der Waals surface area contributed by atoms with Crippen molar-refractivity contribution < 1.29 is 28.8 Å². The summed E-state index contributed by atoms with van der Waals surface area (Å²) in [5.41, 5.74) is 2.22. The van der Waals surface area contributed by atoms with Crippen molar-refractivity contribution >= 4 is 35.0 Å². The fourth-order valence-electron chi connectivity index (χ4n) is 6.20. The molecule has 4 atom stereocenters. The van der Waals surface area contributed by atoms with Crippen molar-refractivity contribution in [2.75, 3.05) is 18.1 Å². The number of hydrogen-bond acceptors (Lipinski definition) is 8. The van der Waals surface area contributed by atoms with Gasteiger partial charge in [0.25, 0.3) is 5.69 Å². The zero-order chi connectivity index (χ0) is 26.8. The van der Waals surface area contributed by atoms with Crippen molar-refractivity contribution in [3.8, 4) is 11.5 Å². The Labute approximate surface area is 222 Å². The zero-order valence-corrected chi connectivity index (χ0v) is 20.4. The topological polar surface area (TPSA) is 119 Å². The zero-order valence-electron chi connectivity index (χ0n) is 20.4. The molecule has 7 rings (SSSR count). The van der Waals surface area contributed by atoms with Crippen LogP contribution < -0.4 is 14.4 Å². The number of carbonyl (C=O) groups is 3. The van der Waals surface area contributed by atoms with E-state index in [-0.39, 0.29) is 22.9 Å². The summed E-state index contributed by atoms with van der Waals surface area (Å²) >= 11 is 0. The van der Waals surface area contributed by atoms with E-state index >= 15 is 0 Å². The molecule has 4 unspecified atom stereocenters. The molecule has 2 fully saturated rings. The quantitative estimate of drug-likeness (QED) is 0.219. The Morgan fingerprint density at radius 3 is 2.38 bits per heavy atom. The van der Waals surface area contributed by atoms with E-state index < -0.39 is 34.7 Å². The van der Waals surface area contributed by atoms with Gasteiger partial charge in [-0.3, -0.25) is 24.5 Å². The number of carbonyl (C=O) groups excluding carboxylic acids is 3. The van der Waals surface area contributed by atoms with Crippen LogP contribution in [-0.4, -0.2) is 46.7 Å². The van der Waals surface area contributed by atoms with Crippen LogP contribution in [-0.2, 0) is 9.59 Å². The van der Waals surface area contributed by atoms with E-state index in [4.69, 9.17) is 9.47 Å². The Hall–Kier alpha value is -4.99. The molecular formula is C29H21N3O7. The van der Waals surface area contributed by atoms with Crippen molar-refractivity contribution in [3.63, 3.8) is 0 Å². The third kappa shape index (κ3) is 3.37. The minimum atomic E-state index is -0.968. The van der Waals surface area contributed by atoms with Gasteiger partial charge in [-0.1, -0.05) is 24.3 Å². The molecule has 4 aliphatic heterocycles. The summed E-state index contributed by atoms with van der Waals surface area (Å²) in [6.07, 6.45) is 3.64. The lowest BCUT2D eigenvalue weighted by molar-refractivity contribution is -0.384. The lowest BCUT2D eigenvalue weighted by Crippen LogP contribution is -2.44. The van der Waals surface area contributed by atoms with Gasteiger partial charge < -0.3 is 14.4 Å². The van der Waals surface area contributed by atoms with Crippen LogP contribution >= 0.6 is 0 Å². The van der Waals surface area contributed by atoms with Gasteiger partial charge in [-0.25, -0.2) is 4.90 Å². The highest BCUT2D eigenvalue weighted by atomic mass is 16.6. The van der Waals surface area contributed by atoms with Gasteiger partial charge in [0.15, 0.2) is 17.3 Å². The molecular weight excluding hydrogens is 502 g/mol. The van der Waals surface area contributed by atoms with Crippen molar-refractivity contribution in [2.45, 2.75) is 12.1 Å². The molecule has 0 aromatic heterocycles. The molecule has 0 N–H and O–H groups in total. The second-order valence-corrected chi connectivity index (χ2v) is 9.84. The minimum absolute atomic E-state index is 0.141. The molecule has 0 bridgehead atoms. The summed E-state index contributed by atoms with van der Waals surface area (Å²) in [6, 6.07) is 16.4. The summed E-state index contributed by atoms with van der Waals surface area (Å²) in [5, 5.41) is 11.1. The molecule has 4 heterocycles. The minimum Gasteiger partial charge on any atom is -0.486 e. The molecule has 2 saturated heterocycles. The number of fused-ring (bicyclic) bond motifs is 6. The summed E-state index contributed by atoms with van der Waals surface area (Å²) in [7, 11) is 0. The number of imide groups is 1. The van der Waals surface area contributed by atoms with Crippen molar-refractivity contribution in [1.82, 2.24) is 4.90 Å². The Kier molecular flexibility index (Phi) is 5.06. The molecule has 39 heavy (non-hydrogen) atoms. The smallest absolute Gasteiger partial charge is 0.269 e. The monoisotopic (exact) mass is 523 g/mol. The van der Waals surface area contributed by atoms with E-state index in [9.17, 15) is 24.5 Å². The lowest BCUT2D eigenvalue weighted by atomic mass is 9.83. The van der Waals surface area contributed by atoms with Gasteiger partial charge in [-0.2, -0.15) is 0 Å². The van der Waals surface area contributed by atoms with E-state index in [0.29, 0.717) is 30.4 Å². The van der Waals surface area contributed by atoms with E-state index in [1.807, 2.05) is 30.3 Å². The fraction of sp³-hybridized carbons (Fsp3) is 0.207. The van der Waals surface area contributed by atoms with Gasteiger partial charge in [0.05, 0.1) is 28.5 Å². The molecule has 2 amide bonds. The molecule has 3 aromatic carbocycles. The highest BCUT2D eigenvalue weighted by Crippen LogP contribution is 2.54. The number of Topliss-reactive ketones (excluding diaryl/α,β-unsaturated/α-hetero) is 1. The van der Waals surface area contributed by atoms with E-state index in [0.717, 1.165) is 16.0 Å². The summed E-state index contributed by atoms with van der Waals surface area (Å²) < 4.78 is 11.3. The van der Waals surface area contributed by atoms with E-state index in [1.54, 1.807) is 29.3 Å². The van der Waals surface area contributed by atoms with Crippen molar-refractivity contribution in [1.29, 1.82) is 0 Å². The number of ether oxygens (including phenoxy) is 2. The molecule has 10 heteroatoms. The van der Waals surface area contributed by atoms with Crippen LogP contribution in [0.5, 0.6) is 11.5 Å². The number of rotatable bonds is 4. The maximum absolute atomic E-state index is 14.1. The van der Waals surface area contributed by atoms with Crippen LogP contribution in [0.25, 0.3) is 6.08 Å². The van der Waals surface area contributed by atoms with Crippen LogP contribution in [0.3, 0.4) is 0 Å². The molecule has 0 saturated carbocycles. The summed E-state index contributed by atoms with van der Waals surface area (Å²) in [4.78, 5) is 55.6. The lowest BCUT2D eigenvalue weighted by Gasteiger charge is -2.35. The third-order valence-electron chi connectivity index (χ3n) is 7.88. The van der Waals surface area contributed by atoms with Crippen LogP contribution in [0.1, 0.15) is 27.5 Å². The number of nitro groups is 1. The van der Waals surface area contributed by atoms with Gasteiger partial charge in [-0.15, -0.1) is 0 Å². The third-order valence-corrected chi connectivity index (χ3v) is 7.88. The molecule has 0 radical (unpaired) electrons. The largest absolute Gasteiger partial charge is 0.486 e. The Morgan fingerprint density at radius 1 is 0.897 bits per heavy atom. The number of hydrogen-bond donors (Lipinski definition) is 0. The van der Waals surface area contributed by atoms with Gasteiger partial charge in [0, 0.05) is 30.0 Å². The maximum Gasteiger partial charge on any atom is 0.269 e. The van der Waals surface area contributed by atoms with Gasteiger partial charge in [0.2, 0.25) is 11.8 Å². The second kappa shape index (κ2) is 8.52. The SMILES string of the molecule is O=C(c1ccc([N+](=O)[O-])cc1)C1C2C(=O)N(c3ccc4c(c3)OCCO4)C(=O)C2C2c3ccccc3C=CN12. The standard InChI is InChI=1S/C29H21N3O7/c33-27(17-5-7-18(8-6-17)32(36)37)26-24-23(25-20-4-2-1-3-16(20)11-12-30(25)26)28(34)31(29(24)35)19-9-10-21-22(15-19)39-14-13-38-21/h1-12,15,23-26H,13-14H2. The van der Waals surface area contributed by atoms with Gasteiger partial charge in [0.1, 0.15) is 19.3 Å². The van der Waals surface area contributed by atoms with E-state index in [2.05, 4.69) is 0 Å². The van der Waals surface area contributed by atoms with Crippen LogP contribution in [0, 0.1) is 22.0 Å². The van der Waals surface area contributed by atoms with Crippen LogP contribution in [0.2, 0.25) is 0 Å². The Bertz CT molecular complexity index is 1600. The predicted molar refractivity (Wildman–Crippen MR) is 138 cm³/mol. The number of amides is 2. The number of benzene rings is 3. The fourth-order valence-corrected chi connectivity index (χ4v) is 6.20. The van der Waals surface area contributed by atoms with E-state index in [1.165, 1.54) is 24.3 Å². The number of nitro benzene ring substituents is 1. The molecule has 0 spiro atoms. The number of non-ortho nitro benzene ring substituents is 1.